The van der Waals surface area contributed by atoms with E-state index in [4.69, 9.17) is 9.47 Å². The monoisotopic (exact) mass is 497 g/mol. The van der Waals surface area contributed by atoms with Crippen molar-refractivity contribution in [3.05, 3.63) is 90.1 Å². The highest BCUT2D eigenvalue weighted by atomic mass is 16.5. The van der Waals surface area contributed by atoms with E-state index in [2.05, 4.69) is 4.98 Å². The number of anilines is 1. The number of aromatic amines is 1. The Hall–Kier alpha value is -4.59. The van der Waals surface area contributed by atoms with Gasteiger partial charge in [-0.2, -0.15) is 0 Å². The summed E-state index contributed by atoms with van der Waals surface area (Å²) in [7, 11) is 3.11. The molecular formula is C29H27N3O5. The van der Waals surface area contributed by atoms with E-state index in [1.54, 1.807) is 62.8 Å². The number of nitrogens with zero attached hydrogens (tertiary/aromatic N) is 2. The first kappa shape index (κ1) is 24.1. The molecule has 2 heterocycles. The predicted molar refractivity (Wildman–Crippen MR) is 140 cm³/mol. The molecule has 8 heteroatoms. The molecule has 1 aliphatic heterocycles. The lowest BCUT2D eigenvalue weighted by atomic mass is 10.1. The molecule has 1 aliphatic rings. The summed E-state index contributed by atoms with van der Waals surface area (Å²) < 4.78 is 10.4. The molecule has 4 aromatic rings. The molecule has 3 amide bonds. The van der Waals surface area contributed by atoms with Crippen LogP contribution in [0.3, 0.4) is 0 Å². The van der Waals surface area contributed by atoms with Gasteiger partial charge in [0.25, 0.3) is 11.8 Å². The van der Waals surface area contributed by atoms with Crippen LogP contribution in [0.25, 0.3) is 10.9 Å². The summed E-state index contributed by atoms with van der Waals surface area (Å²) in [6.45, 7) is 0.271. The summed E-state index contributed by atoms with van der Waals surface area (Å²) in [5, 5.41) is 1.06. The molecule has 0 bridgehead atoms. The molecule has 3 aromatic carbocycles. The topological polar surface area (TPSA) is 91.9 Å². The largest absolute Gasteiger partial charge is 0.497 e. The van der Waals surface area contributed by atoms with Gasteiger partial charge >= 0.3 is 0 Å². The second-order valence-corrected chi connectivity index (χ2v) is 8.82. The predicted octanol–water partition coefficient (Wildman–Crippen LogP) is 4.20. The number of benzene rings is 3. The van der Waals surface area contributed by atoms with Gasteiger partial charge in [0.15, 0.2) is 0 Å². The van der Waals surface area contributed by atoms with Gasteiger partial charge in [-0.1, -0.05) is 18.2 Å². The van der Waals surface area contributed by atoms with Gasteiger partial charge in [-0.3, -0.25) is 14.4 Å². The number of methoxy groups -OCH3 is 2. The standard InChI is InChI=1S/C29H27N3O5/c1-36-22-11-7-19(8-12-22)28(34)31(16-15-20-18-30-25-6-4-3-5-24(20)25)26-17-27(33)32(29(26)35)21-9-13-23(37-2)14-10-21/h3-14,18,26,30H,15-17H2,1-2H3. The van der Waals surface area contributed by atoms with Gasteiger partial charge in [-0.15, -0.1) is 0 Å². The van der Waals surface area contributed by atoms with Crippen molar-refractivity contribution in [2.75, 3.05) is 25.7 Å². The third kappa shape index (κ3) is 4.65. The smallest absolute Gasteiger partial charge is 0.257 e. The molecule has 1 N–H and O–H groups in total. The fourth-order valence-corrected chi connectivity index (χ4v) is 4.74. The molecule has 37 heavy (non-hydrogen) atoms. The highest BCUT2D eigenvalue weighted by Crippen LogP contribution is 2.29. The number of hydrogen-bond acceptors (Lipinski definition) is 5. The van der Waals surface area contributed by atoms with E-state index in [9.17, 15) is 14.4 Å². The van der Waals surface area contributed by atoms with Crippen LogP contribution in [0.1, 0.15) is 22.3 Å². The SMILES string of the molecule is COc1ccc(C(=O)N(CCc2c[nH]c3ccccc23)C2CC(=O)N(c3ccc(OC)cc3)C2=O)cc1. The van der Waals surface area contributed by atoms with E-state index in [-0.39, 0.29) is 24.8 Å². The Labute approximate surface area is 214 Å². The molecule has 1 fully saturated rings. The number of para-hydroxylation sites is 1. The first-order valence-electron chi connectivity index (χ1n) is 12.0. The number of nitrogens with one attached hydrogen (secondary N) is 1. The minimum absolute atomic E-state index is 0.0827. The van der Waals surface area contributed by atoms with Crippen LogP contribution in [0.2, 0.25) is 0 Å². The lowest BCUT2D eigenvalue weighted by molar-refractivity contribution is -0.122. The highest BCUT2D eigenvalue weighted by molar-refractivity contribution is 6.23. The van der Waals surface area contributed by atoms with Gasteiger partial charge in [-0.25, -0.2) is 4.90 Å². The van der Waals surface area contributed by atoms with Gasteiger partial charge in [-0.05, 0) is 66.6 Å². The Bertz CT molecular complexity index is 1440. The third-order valence-electron chi connectivity index (χ3n) is 6.72. The molecule has 0 saturated carbocycles. The average molecular weight is 498 g/mol. The number of hydrogen-bond donors (Lipinski definition) is 1. The maximum absolute atomic E-state index is 13.7. The number of ether oxygens (including phenoxy) is 2. The molecule has 188 valence electrons. The second kappa shape index (κ2) is 10.2. The Balaban J connectivity index is 1.45. The molecule has 1 aromatic heterocycles. The highest BCUT2D eigenvalue weighted by Gasteiger charge is 2.44. The average Bonchev–Trinajstić information content (AvgIpc) is 3.48. The van der Waals surface area contributed by atoms with Gasteiger partial charge < -0.3 is 19.4 Å². The Kier molecular flexibility index (Phi) is 6.64. The maximum atomic E-state index is 13.7. The van der Waals surface area contributed by atoms with Crippen molar-refractivity contribution in [2.24, 2.45) is 0 Å². The summed E-state index contributed by atoms with van der Waals surface area (Å²) in [4.78, 5) is 46.2. The van der Waals surface area contributed by atoms with Crippen molar-refractivity contribution in [1.82, 2.24) is 9.88 Å². The number of amides is 3. The van der Waals surface area contributed by atoms with Crippen molar-refractivity contribution >= 4 is 34.3 Å². The molecule has 1 saturated heterocycles. The first-order valence-corrected chi connectivity index (χ1v) is 12.0. The lowest BCUT2D eigenvalue weighted by Gasteiger charge is -2.28. The Morgan fingerprint density at radius 2 is 1.59 bits per heavy atom. The van der Waals surface area contributed by atoms with E-state index >= 15 is 0 Å². The van der Waals surface area contributed by atoms with Crippen LogP contribution in [-0.2, 0) is 16.0 Å². The number of rotatable bonds is 8. The fourth-order valence-electron chi connectivity index (χ4n) is 4.74. The van der Waals surface area contributed by atoms with Crippen LogP contribution in [0.5, 0.6) is 11.5 Å². The molecule has 8 nitrogen and oxygen atoms in total. The quantitative estimate of drug-likeness (QED) is 0.369. The number of imide groups is 1. The van der Waals surface area contributed by atoms with Crippen LogP contribution >= 0.6 is 0 Å². The third-order valence-corrected chi connectivity index (χ3v) is 6.72. The molecule has 0 aliphatic carbocycles. The van der Waals surface area contributed by atoms with Gasteiger partial charge in [0.05, 0.1) is 26.3 Å². The van der Waals surface area contributed by atoms with E-state index in [0.29, 0.717) is 29.2 Å². The second-order valence-electron chi connectivity index (χ2n) is 8.82. The summed E-state index contributed by atoms with van der Waals surface area (Å²) in [6, 6.07) is 20.5. The van der Waals surface area contributed by atoms with Crippen molar-refractivity contribution in [1.29, 1.82) is 0 Å². The molecule has 0 radical (unpaired) electrons. The summed E-state index contributed by atoms with van der Waals surface area (Å²) in [5.41, 5.74) is 2.91. The van der Waals surface area contributed by atoms with Gasteiger partial charge in [0.2, 0.25) is 5.91 Å². The van der Waals surface area contributed by atoms with E-state index < -0.39 is 11.9 Å². The van der Waals surface area contributed by atoms with Crippen LogP contribution in [0.4, 0.5) is 5.69 Å². The molecule has 0 spiro atoms. The van der Waals surface area contributed by atoms with Crippen molar-refractivity contribution < 1.29 is 23.9 Å². The maximum Gasteiger partial charge on any atom is 0.257 e. The fraction of sp³-hybridized carbons (Fsp3) is 0.207. The summed E-state index contributed by atoms with van der Waals surface area (Å²) >= 11 is 0. The van der Waals surface area contributed by atoms with Crippen molar-refractivity contribution in [3.63, 3.8) is 0 Å². The molecule has 1 atom stereocenters. The number of H-pyrrole nitrogens is 1. The van der Waals surface area contributed by atoms with Crippen LogP contribution in [-0.4, -0.2) is 54.4 Å². The Morgan fingerprint density at radius 1 is 0.946 bits per heavy atom. The number of fused-ring (bicyclic) bond motifs is 1. The van der Waals surface area contributed by atoms with Crippen molar-refractivity contribution in [2.45, 2.75) is 18.9 Å². The zero-order valence-corrected chi connectivity index (χ0v) is 20.6. The van der Waals surface area contributed by atoms with E-state index in [1.165, 1.54) is 4.90 Å². The Morgan fingerprint density at radius 3 is 2.27 bits per heavy atom. The number of carbonyl (C=O) groups excluding carboxylic acids is 3. The zero-order valence-electron chi connectivity index (χ0n) is 20.6. The molecule has 5 rings (SSSR count). The first-order chi connectivity index (χ1) is 18.0. The lowest BCUT2D eigenvalue weighted by Crippen LogP contribution is -2.46. The van der Waals surface area contributed by atoms with Gasteiger partial charge in [0.1, 0.15) is 17.5 Å². The van der Waals surface area contributed by atoms with Crippen LogP contribution in [0.15, 0.2) is 79.0 Å². The summed E-state index contributed by atoms with van der Waals surface area (Å²) in [5.74, 6) is 0.162. The minimum Gasteiger partial charge on any atom is -0.497 e. The van der Waals surface area contributed by atoms with Crippen molar-refractivity contribution in [3.8, 4) is 11.5 Å². The van der Waals surface area contributed by atoms with E-state index in [0.717, 1.165) is 21.4 Å². The van der Waals surface area contributed by atoms with Gasteiger partial charge in [0, 0.05) is 29.2 Å². The zero-order chi connectivity index (χ0) is 25.9. The summed E-state index contributed by atoms with van der Waals surface area (Å²) in [6.07, 6.45) is 2.36. The normalized spacial score (nSPS) is 15.3. The van der Waals surface area contributed by atoms with E-state index in [1.807, 2.05) is 30.5 Å². The number of aromatic nitrogens is 1. The minimum atomic E-state index is -0.908. The van der Waals surface area contributed by atoms with Crippen LogP contribution < -0.4 is 14.4 Å². The number of carbonyl (C=O) groups is 3. The molecule has 1 unspecified atom stereocenters. The van der Waals surface area contributed by atoms with Crippen LogP contribution in [0, 0.1) is 0 Å². The molecular weight excluding hydrogens is 470 g/mol.